The Bertz CT molecular complexity index is 880. The number of hydrogen-bond donors (Lipinski definition) is 0. The predicted octanol–water partition coefficient (Wildman–Crippen LogP) is 6.52. The molecule has 6 heteroatoms. The zero-order valence-electron chi connectivity index (χ0n) is 22.2. The maximum absolute atomic E-state index is 12.7. The Morgan fingerprint density at radius 2 is 1.66 bits per heavy atom. The maximum Gasteiger partial charge on any atom is 0.410 e. The van der Waals surface area contributed by atoms with E-state index in [-0.39, 0.29) is 12.1 Å². The Morgan fingerprint density at radius 1 is 1.06 bits per heavy atom. The monoisotopic (exact) mass is 497 g/mol. The number of hydrogen-bond acceptors (Lipinski definition) is 5. The van der Waals surface area contributed by atoms with E-state index in [1.165, 1.54) is 10.5 Å². The highest BCUT2D eigenvalue weighted by molar-refractivity contribution is 7.97. The molecule has 0 spiro atoms. The van der Waals surface area contributed by atoms with Crippen LogP contribution in [0.3, 0.4) is 0 Å². The molecule has 1 saturated heterocycles. The SMILES string of the molecule is CCN(C(=O)OC(C)(C)C)C1CCN(CCC(CN(C)Sc2ccccc2)c2ccccc2)CC1. The summed E-state index contributed by atoms with van der Waals surface area (Å²) in [6, 6.07) is 21.8. The second kappa shape index (κ2) is 13.3. The number of piperidine rings is 1. The van der Waals surface area contributed by atoms with Crippen molar-refractivity contribution in [3.63, 3.8) is 0 Å². The summed E-state index contributed by atoms with van der Waals surface area (Å²) in [6.45, 7) is 12.7. The van der Waals surface area contributed by atoms with E-state index in [2.05, 4.69) is 76.9 Å². The van der Waals surface area contributed by atoms with Gasteiger partial charge in [0.2, 0.25) is 0 Å². The molecule has 35 heavy (non-hydrogen) atoms. The average molecular weight is 498 g/mol. The maximum atomic E-state index is 12.7. The lowest BCUT2D eigenvalue weighted by molar-refractivity contribution is 0.00952. The van der Waals surface area contributed by atoms with Gasteiger partial charge in [-0.05, 0) is 96.1 Å². The van der Waals surface area contributed by atoms with E-state index in [1.54, 1.807) is 0 Å². The van der Waals surface area contributed by atoms with Crippen LogP contribution in [0.5, 0.6) is 0 Å². The number of rotatable bonds is 10. The Balaban J connectivity index is 1.53. The van der Waals surface area contributed by atoms with Crippen LogP contribution < -0.4 is 0 Å². The molecule has 5 nitrogen and oxygen atoms in total. The summed E-state index contributed by atoms with van der Waals surface area (Å²) in [5.74, 6) is 0.476. The molecule has 1 fully saturated rings. The van der Waals surface area contributed by atoms with Crippen LogP contribution in [0.25, 0.3) is 0 Å². The van der Waals surface area contributed by atoms with Crippen molar-refractivity contribution in [2.75, 3.05) is 39.8 Å². The molecule has 0 radical (unpaired) electrons. The fourth-order valence-electron chi connectivity index (χ4n) is 4.75. The van der Waals surface area contributed by atoms with Crippen molar-refractivity contribution in [3.05, 3.63) is 66.2 Å². The molecule has 0 saturated carbocycles. The number of nitrogens with zero attached hydrogens (tertiary/aromatic N) is 3. The van der Waals surface area contributed by atoms with Crippen molar-refractivity contribution in [1.29, 1.82) is 0 Å². The van der Waals surface area contributed by atoms with E-state index in [4.69, 9.17) is 4.74 Å². The van der Waals surface area contributed by atoms with E-state index < -0.39 is 5.60 Å². The molecule has 0 bridgehead atoms. The number of likely N-dealkylation sites (N-methyl/N-ethyl adjacent to an activating group) is 1. The summed E-state index contributed by atoms with van der Waals surface area (Å²) < 4.78 is 8.01. The van der Waals surface area contributed by atoms with Crippen LogP contribution in [0, 0.1) is 0 Å². The topological polar surface area (TPSA) is 36.0 Å². The van der Waals surface area contributed by atoms with Gasteiger partial charge in [0.25, 0.3) is 0 Å². The van der Waals surface area contributed by atoms with Gasteiger partial charge in [0.1, 0.15) is 5.60 Å². The van der Waals surface area contributed by atoms with Crippen LogP contribution in [-0.2, 0) is 4.74 Å². The molecule has 1 heterocycles. The Hall–Kier alpha value is -2.02. The minimum absolute atomic E-state index is 0.179. The molecule has 1 atom stereocenters. The van der Waals surface area contributed by atoms with Crippen molar-refractivity contribution in [3.8, 4) is 0 Å². The minimum atomic E-state index is -0.455. The number of benzene rings is 2. The lowest BCUT2D eigenvalue weighted by Gasteiger charge is -2.39. The normalized spacial score (nSPS) is 16.3. The average Bonchev–Trinajstić information content (AvgIpc) is 2.83. The molecule has 2 aromatic rings. The largest absolute Gasteiger partial charge is 0.444 e. The second-order valence-electron chi connectivity index (χ2n) is 10.5. The predicted molar refractivity (Wildman–Crippen MR) is 147 cm³/mol. The molecule has 2 aromatic carbocycles. The minimum Gasteiger partial charge on any atom is -0.444 e. The second-order valence-corrected chi connectivity index (χ2v) is 11.7. The Labute approximate surface area is 216 Å². The highest BCUT2D eigenvalue weighted by atomic mass is 32.2. The molecule has 1 amide bonds. The van der Waals surface area contributed by atoms with E-state index in [0.717, 1.165) is 45.4 Å². The summed E-state index contributed by atoms with van der Waals surface area (Å²) in [5.41, 5.74) is 0.953. The van der Waals surface area contributed by atoms with Crippen molar-refractivity contribution in [2.45, 2.75) is 69.4 Å². The highest BCUT2D eigenvalue weighted by Gasteiger charge is 2.30. The summed E-state index contributed by atoms with van der Waals surface area (Å²) in [5, 5.41) is 0. The fraction of sp³-hybridized carbons (Fsp3) is 0.552. The molecular formula is C29H43N3O2S. The van der Waals surface area contributed by atoms with Gasteiger partial charge in [0, 0.05) is 37.1 Å². The summed E-state index contributed by atoms with van der Waals surface area (Å²) in [7, 11) is 2.19. The van der Waals surface area contributed by atoms with Gasteiger partial charge in [0.05, 0.1) is 0 Å². The van der Waals surface area contributed by atoms with Gasteiger partial charge < -0.3 is 14.5 Å². The third-order valence-electron chi connectivity index (χ3n) is 6.51. The molecule has 3 rings (SSSR count). The van der Waals surface area contributed by atoms with Gasteiger partial charge in [-0.15, -0.1) is 0 Å². The number of carbonyl (C=O) groups excluding carboxylic acids is 1. The number of carbonyl (C=O) groups is 1. The molecule has 0 aliphatic carbocycles. The highest BCUT2D eigenvalue weighted by Crippen LogP contribution is 2.28. The zero-order chi connectivity index (χ0) is 25.3. The van der Waals surface area contributed by atoms with Crippen LogP contribution in [0.1, 0.15) is 58.4 Å². The first kappa shape index (κ1) is 27.6. The standard InChI is InChI=1S/C29H43N3O2S/c1-6-32(28(33)34-29(2,3)4)26-18-21-31(22-19-26)20-17-25(24-13-9-7-10-14-24)23-30(5)35-27-15-11-8-12-16-27/h7-16,25-26H,6,17-23H2,1-5H3. The first-order chi connectivity index (χ1) is 16.7. The fourth-order valence-corrected chi connectivity index (χ4v) is 5.64. The molecule has 1 aliphatic rings. The molecule has 192 valence electrons. The number of likely N-dealkylation sites (tertiary alicyclic amines) is 1. The Kier molecular flexibility index (Phi) is 10.5. The Morgan fingerprint density at radius 3 is 2.23 bits per heavy atom. The van der Waals surface area contributed by atoms with Crippen molar-refractivity contribution in [2.24, 2.45) is 0 Å². The lowest BCUT2D eigenvalue weighted by atomic mass is 9.94. The van der Waals surface area contributed by atoms with E-state index in [0.29, 0.717) is 12.5 Å². The van der Waals surface area contributed by atoms with Gasteiger partial charge in [-0.2, -0.15) is 0 Å². The van der Waals surface area contributed by atoms with Gasteiger partial charge in [-0.1, -0.05) is 48.5 Å². The summed E-state index contributed by atoms with van der Waals surface area (Å²) in [4.78, 5) is 18.4. The quantitative estimate of drug-likeness (QED) is 0.349. The number of amides is 1. The van der Waals surface area contributed by atoms with Crippen LogP contribution in [-0.4, -0.2) is 71.6 Å². The van der Waals surface area contributed by atoms with Crippen LogP contribution in [0.15, 0.2) is 65.6 Å². The molecule has 1 unspecified atom stereocenters. The smallest absolute Gasteiger partial charge is 0.410 e. The van der Waals surface area contributed by atoms with E-state index in [1.807, 2.05) is 44.5 Å². The molecular weight excluding hydrogens is 454 g/mol. The van der Waals surface area contributed by atoms with E-state index in [9.17, 15) is 4.79 Å². The lowest BCUT2D eigenvalue weighted by Crippen LogP contribution is -2.49. The third-order valence-corrected chi connectivity index (χ3v) is 7.46. The van der Waals surface area contributed by atoms with Gasteiger partial charge >= 0.3 is 6.09 Å². The van der Waals surface area contributed by atoms with Crippen molar-refractivity contribution < 1.29 is 9.53 Å². The first-order valence-corrected chi connectivity index (χ1v) is 13.7. The number of ether oxygens (including phenoxy) is 1. The summed E-state index contributed by atoms with van der Waals surface area (Å²) in [6.07, 6.45) is 2.96. The van der Waals surface area contributed by atoms with Gasteiger partial charge in [0.15, 0.2) is 0 Å². The van der Waals surface area contributed by atoms with Gasteiger partial charge in [-0.25, -0.2) is 9.10 Å². The van der Waals surface area contributed by atoms with Crippen LogP contribution >= 0.6 is 11.9 Å². The zero-order valence-corrected chi connectivity index (χ0v) is 23.0. The van der Waals surface area contributed by atoms with Crippen molar-refractivity contribution >= 4 is 18.0 Å². The van der Waals surface area contributed by atoms with Gasteiger partial charge in [-0.3, -0.25) is 0 Å². The molecule has 0 N–H and O–H groups in total. The summed E-state index contributed by atoms with van der Waals surface area (Å²) >= 11 is 1.81. The molecule has 0 aromatic heterocycles. The van der Waals surface area contributed by atoms with Crippen LogP contribution in [0.2, 0.25) is 0 Å². The van der Waals surface area contributed by atoms with E-state index >= 15 is 0 Å². The first-order valence-electron chi connectivity index (χ1n) is 13.0. The van der Waals surface area contributed by atoms with Crippen molar-refractivity contribution in [1.82, 2.24) is 14.1 Å². The van der Waals surface area contributed by atoms with Crippen LogP contribution in [0.4, 0.5) is 4.79 Å². The molecule has 1 aliphatic heterocycles. The third kappa shape index (κ3) is 9.17.